The minimum Gasteiger partial charge on any atom is -0.756 e. The van der Waals surface area contributed by atoms with Gasteiger partial charge in [0.15, 0.2) is 6.10 Å². The van der Waals surface area contributed by atoms with E-state index in [1.54, 1.807) is 0 Å². The van der Waals surface area contributed by atoms with E-state index in [1.165, 1.54) is 405 Å². The average molecular weight is 1340 g/mol. The van der Waals surface area contributed by atoms with E-state index >= 15 is 0 Å². The van der Waals surface area contributed by atoms with Gasteiger partial charge in [0.2, 0.25) is 0 Å². The lowest BCUT2D eigenvalue weighted by Crippen LogP contribution is -2.37. The van der Waals surface area contributed by atoms with Crippen molar-refractivity contribution in [1.29, 1.82) is 0 Å². The largest absolute Gasteiger partial charge is 0.756 e. The topological polar surface area (TPSA) is 111 Å². The molecule has 0 N–H and O–H groups in total. The van der Waals surface area contributed by atoms with Crippen molar-refractivity contribution in [3.8, 4) is 0 Å². The second-order valence-electron chi connectivity index (χ2n) is 30.6. The maximum atomic E-state index is 12.9. The third kappa shape index (κ3) is 79.9. The Kier molecular flexibility index (Phi) is 74.4. The fourth-order valence-electron chi connectivity index (χ4n) is 13.4. The van der Waals surface area contributed by atoms with Crippen LogP contribution in [0.3, 0.4) is 0 Å². The highest BCUT2D eigenvalue weighted by Gasteiger charge is 2.22. The molecule has 10 heteroatoms. The zero-order valence-electron chi connectivity index (χ0n) is 63.8. The number of nitrogens with zero attached hydrogens (tertiary/aromatic N) is 1. The summed E-state index contributed by atoms with van der Waals surface area (Å²) in [5.41, 5.74) is 0. The van der Waals surface area contributed by atoms with Crippen LogP contribution in [0.1, 0.15) is 470 Å². The molecule has 0 saturated carbocycles. The summed E-state index contributed by atoms with van der Waals surface area (Å²) >= 11 is 0. The van der Waals surface area contributed by atoms with Crippen molar-refractivity contribution < 1.29 is 42.1 Å². The Bertz CT molecular complexity index is 1520. The number of phosphoric acid groups is 1. The molecular weight excluding hydrogens is 1170 g/mol. The van der Waals surface area contributed by atoms with Crippen molar-refractivity contribution in [1.82, 2.24) is 0 Å². The van der Waals surface area contributed by atoms with Gasteiger partial charge in [0.1, 0.15) is 19.8 Å². The quantitative estimate of drug-likeness (QED) is 0.0256. The molecule has 0 fully saturated rings. The van der Waals surface area contributed by atoms with E-state index in [4.69, 9.17) is 18.5 Å². The summed E-state index contributed by atoms with van der Waals surface area (Å²) in [6.07, 6.45) is 94.1. The number of hydrogen-bond acceptors (Lipinski definition) is 8. The Morgan fingerprint density at radius 1 is 0.290 bits per heavy atom. The molecule has 2 atom stereocenters. The highest BCUT2D eigenvalue weighted by Crippen LogP contribution is 2.38. The number of carbonyl (C=O) groups is 2. The minimum atomic E-state index is -4.64. The van der Waals surface area contributed by atoms with Crippen LogP contribution in [0.25, 0.3) is 0 Å². The number of carbonyl (C=O) groups excluding carboxylic acids is 2. The van der Waals surface area contributed by atoms with Gasteiger partial charge in [0.25, 0.3) is 7.82 Å². The molecule has 93 heavy (non-hydrogen) atoms. The lowest BCUT2D eigenvalue weighted by atomic mass is 10.0. The zero-order chi connectivity index (χ0) is 67.6. The zero-order valence-corrected chi connectivity index (χ0v) is 64.7. The van der Waals surface area contributed by atoms with E-state index in [0.717, 1.165) is 32.1 Å². The van der Waals surface area contributed by atoms with Gasteiger partial charge in [-0.25, -0.2) is 0 Å². The fraction of sp³-hybridized carbons (Fsp3) is 0.976. The minimum absolute atomic E-state index is 0.0246. The number of quaternary nitrogens is 1. The molecule has 0 amide bonds. The molecule has 0 aliphatic carbocycles. The third-order valence-corrected chi connectivity index (χ3v) is 20.8. The van der Waals surface area contributed by atoms with Gasteiger partial charge < -0.3 is 27.9 Å². The van der Waals surface area contributed by atoms with Crippen LogP contribution in [0.2, 0.25) is 0 Å². The van der Waals surface area contributed by atoms with Crippen molar-refractivity contribution in [2.24, 2.45) is 0 Å². The predicted octanol–water partition coefficient (Wildman–Crippen LogP) is 27.4. The molecule has 0 spiro atoms. The molecule has 0 aliphatic heterocycles. The molecule has 0 aromatic heterocycles. The molecule has 0 aromatic carbocycles. The normalized spacial score (nSPS) is 12.9. The molecule has 0 aromatic rings. The predicted molar refractivity (Wildman–Crippen MR) is 402 cm³/mol. The Balaban J connectivity index is 3.84. The van der Waals surface area contributed by atoms with Crippen molar-refractivity contribution in [2.75, 3.05) is 47.5 Å². The maximum Gasteiger partial charge on any atom is 0.306 e. The highest BCUT2D eigenvalue weighted by molar-refractivity contribution is 7.45. The summed E-state index contributed by atoms with van der Waals surface area (Å²) in [6, 6.07) is 0. The van der Waals surface area contributed by atoms with Gasteiger partial charge >= 0.3 is 11.9 Å². The van der Waals surface area contributed by atoms with Crippen LogP contribution in [0.4, 0.5) is 0 Å². The number of ether oxygens (including phenoxy) is 2. The van der Waals surface area contributed by atoms with Gasteiger partial charge in [0.05, 0.1) is 27.7 Å². The first kappa shape index (κ1) is 92.0. The molecule has 0 bridgehead atoms. The van der Waals surface area contributed by atoms with Crippen molar-refractivity contribution >= 4 is 19.8 Å². The first-order valence-corrected chi connectivity index (χ1v) is 43.7. The lowest BCUT2D eigenvalue weighted by Gasteiger charge is -2.28. The molecule has 0 rings (SSSR count). The van der Waals surface area contributed by atoms with Gasteiger partial charge in [-0.15, -0.1) is 0 Å². The summed E-state index contributed by atoms with van der Waals surface area (Å²) in [6.45, 7) is 4.35. The second kappa shape index (κ2) is 75.2. The van der Waals surface area contributed by atoms with Crippen LogP contribution in [0.15, 0.2) is 0 Å². The Morgan fingerprint density at radius 2 is 0.484 bits per heavy atom. The van der Waals surface area contributed by atoms with Gasteiger partial charge in [-0.3, -0.25) is 14.2 Å². The Hall–Kier alpha value is -0.990. The Labute approximate surface area is 582 Å². The fourth-order valence-corrected chi connectivity index (χ4v) is 14.2. The first-order valence-electron chi connectivity index (χ1n) is 42.2. The molecule has 0 heterocycles. The Morgan fingerprint density at radius 3 is 0.688 bits per heavy atom. The molecular formula is C83H166NO8P. The number of likely N-dealkylation sites (N-methyl/N-ethyl adjacent to an activating group) is 1. The van der Waals surface area contributed by atoms with Gasteiger partial charge in [-0.1, -0.05) is 444 Å². The van der Waals surface area contributed by atoms with Crippen LogP contribution in [-0.2, 0) is 32.7 Å². The van der Waals surface area contributed by atoms with Crippen LogP contribution in [-0.4, -0.2) is 70.0 Å². The van der Waals surface area contributed by atoms with E-state index in [0.29, 0.717) is 17.4 Å². The second-order valence-corrected chi connectivity index (χ2v) is 32.0. The smallest absolute Gasteiger partial charge is 0.306 e. The molecule has 9 nitrogen and oxygen atoms in total. The summed E-state index contributed by atoms with van der Waals surface area (Å²) in [5.74, 6) is -0.799. The van der Waals surface area contributed by atoms with E-state index in [1.807, 2.05) is 21.1 Å². The maximum absolute atomic E-state index is 12.9. The molecule has 2 unspecified atom stereocenters. The summed E-state index contributed by atoms with van der Waals surface area (Å²) in [7, 11) is 1.20. The molecule has 556 valence electrons. The SMILES string of the molecule is CCCCCCCCCCCCCCCCCCCCCCCCCCCCCCCCCCCCCCCCCCC(=O)OC(COC(=O)CCCCCCCCCCCCCCCCCCCCCCCCCCCCCCC)COP(=O)([O-])OCC[N+](C)(C)C. The van der Waals surface area contributed by atoms with Gasteiger partial charge in [0, 0.05) is 12.8 Å². The number of unbranched alkanes of at least 4 members (excludes halogenated alkanes) is 67. The third-order valence-electron chi connectivity index (χ3n) is 19.9. The molecule has 0 radical (unpaired) electrons. The van der Waals surface area contributed by atoms with Crippen molar-refractivity contribution in [3.05, 3.63) is 0 Å². The van der Waals surface area contributed by atoms with E-state index in [9.17, 15) is 19.0 Å². The van der Waals surface area contributed by atoms with Crippen LogP contribution < -0.4 is 4.89 Å². The number of hydrogen-bond donors (Lipinski definition) is 0. The number of rotatable bonds is 81. The highest BCUT2D eigenvalue weighted by atomic mass is 31.2. The standard InChI is InChI=1S/C83H166NO8P/c1-6-8-10-12-14-16-18-20-22-24-26-28-30-32-34-36-37-38-39-40-41-42-43-44-45-46-48-50-52-54-56-58-60-62-64-66-68-70-72-74-76-83(86)92-81(80-91-93(87,88)90-78-77-84(3,4)5)79-89-82(85)75-73-71-69-67-65-63-61-59-57-55-53-51-49-47-35-33-31-29-27-25-23-21-19-17-15-13-11-9-7-2/h81H,6-80H2,1-5H3. The summed E-state index contributed by atoms with van der Waals surface area (Å²) in [4.78, 5) is 38.2. The van der Waals surface area contributed by atoms with Crippen molar-refractivity contribution in [3.63, 3.8) is 0 Å². The van der Waals surface area contributed by atoms with E-state index in [-0.39, 0.29) is 32.0 Å². The number of phosphoric ester groups is 1. The van der Waals surface area contributed by atoms with E-state index < -0.39 is 26.5 Å². The monoisotopic (exact) mass is 1340 g/mol. The lowest BCUT2D eigenvalue weighted by molar-refractivity contribution is -0.870. The van der Waals surface area contributed by atoms with Gasteiger partial charge in [-0.2, -0.15) is 0 Å². The number of esters is 2. The summed E-state index contributed by atoms with van der Waals surface area (Å²) < 4.78 is 34.5. The summed E-state index contributed by atoms with van der Waals surface area (Å²) in [5, 5.41) is 0. The molecule has 0 aliphatic rings. The van der Waals surface area contributed by atoms with Crippen LogP contribution >= 0.6 is 7.82 Å². The van der Waals surface area contributed by atoms with Crippen molar-refractivity contribution in [2.45, 2.75) is 476 Å². The van der Waals surface area contributed by atoms with Gasteiger partial charge in [-0.05, 0) is 12.8 Å². The van der Waals surface area contributed by atoms with E-state index in [2.05, 4.69) is 13.8 Å². The van der Waals surface area contributed by atoms with Crippen LogP contribution in [0.5, 0.6) is 0 Å². The molecule has 0 saturated heterocycles. The van der Waals surface area contributed by atoms with Crippen LogP contribution in [0, 0.1) is 0 Å². The average Bonchev–Trinajstić information content (AvgIpc) is 2.62. The first-order chi connectivity index (χ1) is 45.5.